The van der Waals surface area contributed by atoms with Crippen LogP contribution in [0.15, 0.2) is 34.7 Å². The Bertz CT molecular complexity index is 534. The minimum absolute atomic E-state index is 0.531. The molecule has 0 aliphatic carbocycles. The molecule has 2 aromatic rings. The number of nitrogens with zero attached hydrogens (tertiary/aromatic N) is 4. The monoisotopic (exact) mass is 273 g/mol. The number of hydrogen-bond acceptors (Lipinski definition) is 6. The van der Waals surface area contributed by atoms with E-state index in [1.54, 1.807) is 0 Å². The van der Waals surface area contributed by atoms with Crippen LogP contribution in [0.25, 0.3) is 0 Å². The summed E-state index contributed by atoms with van der Waals surface area (Å²) >= 11 is 0. The number of nitrogens with two attached hydrogens (primary N) is 1. The molecular formula is C14H19N5O. The van der Waals surface area contributed by atoms with E-state index in [4.69, 9.17) is 10.2 Å². The summed E-state index contributed by atoms with van der Waals surface area (Å²) in [6.45, 7) is 4.22. The minimum Gasteiger partial charge on any atom is -0.408 e. The summed E-state index contributed by atoms with van der Waals surface area (Å²) < 4.78 is 5.61. The molecule has 0 radical (unpaired) electrons. The second kappa shape index (κ2) is 5.92. The van der Waals surface area contributed by atoms with Gasteiger partial charge in [-0.3, -0.25) is 0 Å². The van der Waals surface area contributed by atoms with Gasteiger partial charge in [0.15, 0.2) is 0 Å². The van der Waals surface area contributed by atoms with E-state index < -0.39 is 0 Å². The van der Waals surface area contributed by atoms with Crippen molar-refractivity contribution in [2.75, 3.05) is 42.5 Å². The fourth-order valence-corrected chi connectivity index (χ4v) is 2.39. The third-order valence-corrected chi connectivity index (χ3v) is 3.49. The second-order valence-corrected chi connectivity index (χ2v) is 4.83. The van der Waals surface area contributed by atoms with Gasteiger partial charge in [0.05, 0.1) is 0 Å². The molecule has 2 heterocycles. The molecule has 0 unspecified atom stereocenters. The van der Waals surface area contributed by atoms with Crippen molar-refractivity contribution >= 4 is 11.7 Å². The Morgan fingerprint density at radius 2 is 1.70 bits per heavy atom. The number of aromatic nitrogens is 2. The van der Waals surface area contributed by atoms with E-state index in [2.05, 4.69) is 44.3 Å². The molecule has 106 valence electrons. The number of para-hydroxylation sites is 1. The zero-order valence-electron chi connectivity index (χ0n) is 11.4. The highest BCUT2D eigenvalue weighted by Crippen LogP contribution is 2.19. The van der Waals surface area contributed by atoms with Gasteiger partial charge in [0.25, 0.3) is 0 Å². The number of anilines is 2. The van der Waals surface area contributed by atoms with Gasteiger partial charge in [0.2, 0.25) is 5.89 Å². The summed E-state index contributed by atoms with van der Waals surface area (Å²) in [5, 5.41) is 8.10. The van der Waals surface area contributed by atoms with Crippen molar-refractivity contribution in [2.24, 2.45) is 5.73 Å². The highest BCUT2D eigenvalue weighted by Gasteiger charge is 2.21. The van der Waals surface area contributed by atoms with Gasteiger partial charge in [-0.1, -0.05) is 23.3 Å². The molecule has 0 spiro atoms. The molecule has 6 heteroatoms. The number of piperazine rings is 1. The predicted molar refractivity (Wildman–Crippen MR) is 77.9 cm³/mol. The van der Waals surface area contributed by atoms with Crippen molar-refractivity contribution in [3.05, 3.63) is 36.2 Å². The lowest BCUT2D eigenvalue weighted by atomic mass is 10.2. The van der Waals surface area contributed by atoms with Gasteiger partial charge >= 0.3 is 6.01 Å². The van der Waals surface area contributed by atoms with Crippen molar-refractivity contribution < 1.29 is 4.42 Å². The van der Waals surface area contributed by atoms with E-state index in [0.29, 0.717) is 24.9 Å². The quantitative estimate of drug-likeness (QED) is 0.892. The lowest BCUT2D eigenvalue weighted by Crippen LogP contribution is -2.46. The Labute approximate surface area is 118 Å². The molecule has 1 saturated heterocycles. The van der Waals surface area contributed by atoms with Gasteiger partial charge in [-0.05, 0) is 12.1 Å². The van der Waals surface area contributed by atoms with Crippen molar-refractivity contribution in [1.82, 2.24) is 10.2 Å². The van der Waals surface area contributed by atoms with E-state index in [1.807, 2.05) is 6.07 Å². The minimum atomic E-state index is 0.531. The molecule has 0 atom stereocenters. The Balaban J connectivity index is 1.60. The first kappa shape index (κ1) is 12.9. The zero-order chi connectivity index (χ0) is 13.8. The van der Waals surface area contributed by atoms with Crippen molar-refractivity contribution in [3.63, 3.8) is 0 Å². The van der Waals surface area contributed by atoms with Gasteiger partial charge < -0.3 is 20.0 Å². The molecule has 1 aromatic carbocycles. The summed E-state index contributed by atoms with van der Waals surface area (Å²) in [6, 6.07) is 11.1. The summed E-state index contributed by atoms with van der Waals surface area (Å²) in [4.78, 5) is 4.50. The normalized spacial score (nSPS) is 15.7. The van der Waals surface area contributed by atoms with Crippen LogP contribution in [0.3, 0.4) is 0 Å². The zero-order valence-corrected chi connectivity index (χ0v) is 11.4. The molecule has 0 bridgehead atoms. The molecule has 6 nitrogen and oxygen atoms in total. The molecule has 1 aliphatic rings. The first-order chi connectivity index (χ1) is 9.86. The van der Waals surface area contributed by atoms with Crippen molar-refractivity contribution in [2.45, 2.75) is 6.42 Å². The Morgan fingerprint density at radius 3 is 2.40 bits per heavy atom. The average molecular weight is 273 g/mol. The van der Waals surface area contributed by atoms with Crippen LogP contribution in [-0.2, 0) is 6.42 Å². The molecule has 1 aromatic heterocycles. The van der Waals surface area contributed by atoms with Crippen LogP contribution in [0.1, 0.15) is 5.89 Å². The van der Waals surface area contributed by atoms with Gasteiger partial charge in [-0.15, -0.1) is 5.10 Å². The van der Waals surface area contributed by atoms with Gasteiger partial charge in [-0.2, -0.15) is 0 Å². The summed E-state index contributed by atoms with van der Waals surface area (Å²) in [5.41, 5.74) is 6.75. The van der Waals surface area contributed by atoms with Crippen molar-refractivity contribution in [3.8, 4) is 0 Å². The third kappa shape index (κ3) is 2.75. The Morgan fingerprint density at radius 1 is 1.00 bits per heavy atom. The molecule has 3 rings (SSSR count). The summed E-state index contributed by atoms with van der Waals surface area (Å²) in [6.07, 6.45) is 0.636. The number of hydrogen-bond donors (Lipinski definition) is 1. The third-order valence-electron chi connectivity index (χ3n) is 3.49. The van der Waals surface area contributed by atoms with E-state index in [1.165, 1.54) is 5.69 Å². The smallest absolute Gasteiger partial charge is 0.318 e. The van der Waals surface area contributed by atoms with Crippen LogP contribution >= 0.6 is 0 Å². The van der Waals surface area contributed by atoms with Crippen LogP contribution < -0.4 is 15.5 Å². The van der Waals surface area contributed by atoms with Crippen LogP contribution in [0.5, 0.6) is 0 Å². The Hall–Kier alpha value is -2.08. The molecule has 0 saturated carbocycles. The molecular weight excluding hydrogens is 254 g/mol. The highest BCUT2D eigenvalue weighted by molar-refractivity contribution is 5.47. The number of benzene rings is 1. The maximum Gasteiger partial charge on any atom is 0.318 e. The maximum absolute atomic E-state index is 5.61. The number of rotatable bonds is 4. The van der Waals surface area contributed by atoms with Crippen LogP contribution in [0.4, 0.5) is 11.7 Å². The lowest BCUT2D eigenvalue weighted by Gasteiger charge is -2.35. The van der Waals surface area contributed by atoms with Gasteiger partial charge in [-0.25, -0.2) is 0 Å². The van der Waals surface area contributed by atoms with E-state index in [-0.39, 0.29) is 0 Å². The standard InChI is InChI=1S/C14H19N5O/c15-7-6-13-16-17-14(20-13)19-10-8-18(9-11-19)12-4-2-1-3-5-12/h1-5H,6-11,15H2. The van der Waals surface area contributed by atoms with E-state index >= 15 is 0 Å². The largest absolute Gasteiger partial charge is 0.408 e. The van der Waals surface area contributed by atoms with Crippen LogP contribution in [-0.4, -0.2) is 42.9 Å². The van der Waals surface area contributed by atoms with Crippen LogP contribution in [0, 0.1) is 0 Å². The van der Waals surface area contributed by atoms with Gasteiger partial charge in [0.1, 0.15) is 0 Å². The average Bonchev–Trinajstić information content (AvgIpc) is 2.97. The lowest BCUT2D eigenvalue weighted by molar-refractivity contribution is 0.475. The van der Waals surface area contributed by atoms with Crippen molar-refractivity contribution in [1.29, 1.82) is 0 Å². The van der Waals surface area contributed by atoms with Gasteiger partial charge in [0, 0.05) is 44.8 Å². The highest BCUT2D eigenvalue weighted by atomic mass is 16.4. The first-order valence-corrected chi connectivity index (χ1v) is 6.94. The molecule has 2 N–H and O–H groups in total. The molecule has 0 amide bonds. The topological polar surface area (TPSA) is 71.4 Å². The van der Waals surface area contributed by atoms with E-state index in [9.17, 15) is 0 Å². The Kier molecular flexibility index (Phi) is 3.83. The fourth-order valence-electron chi connectivity index (χ4n) is 2.39. The molecule has 1 fully saturated rings. The van der Waals surface area contributed by atoms with E-state index in [0.717, 1.165) is 26.2 Å². The molecule has 20 heavy (non-hydrogen) atoms. The van der Waals surface area contributed by atoms with Crippen LogP contribution in [0.2, 0.25) is 0 Å². The summed E-state index contributed by atoms with van der Waals surface area (Å²) in [7, 11) is 0. The molecule has 1 aliphatic heterocycles. The fraction of sp³-hybridized carbons (Fsp3) is 0.429. The second-order valence-electron chi connectivity index (χ2n) is 4.83. The first-order valence-electron chi connectivity index (χ1n) is 6.94. The maximum atomic E-state index is 5.61. The summed E-state index contributed by atoms with van der Waals surface area (Å²) in [5.74, 6) is 0.619. The SMILES string of the molecule is NCCc1nnc(N2CCN(c3ccccc3)CC2)o1. The predicted octanol–water partition coefficient (Wildman–Crippen LogP) is 0.897.